The van der Waals surface area contributed by atoms with Crippen LogP contribution in [-0.2, 0) is 0 Å². The molecule has 3 nitrogen and oxygen atoms in total. The van der Waals surface area contributed by atoms with Gasteiger partial charge in [0.25, 0.3) is 0 Å². The Balaban J connectivity index is 2.11. The maximum absolute atomic E-state index is 13.1. The van der Waals surface area contributed by atoms with Gasteiger partial charge >= 0.3 is 0 Å². The number of benzene rings is 2. The number of thiazole rings is 1. The first-order valence-electron chi connectivity index (χ1n) is 5.61. The first kappa shape index (κ1) is 11.9. The summed E-state index contributed by atoms with van der Waals surface area (Å²) in [6, 6.07) is 9.57. The fraction of sp³-hybridized carbons (Fsp3) is 0.0714. The molecule has 1 heterocycles. The van der Waals surface area contributed by atoms with Gasteiger partial charge in [-0.25, -0.2) is 9.37 Å². The maximum Gasteiger partial charge on any atom is 0.160 e. The summed E-state index contributed by atoms with van der Waals surface area (Å²) < 4.78 is 18.9. The predicted molar refractivity (Wildman–Crippen MR) is 73.2 cm³/mol. The van der Waals surface area contributed by atoms with E-state index in [9.17, 15) is 9.50 Å². The molecule has 3 rings (SSSR count). The van der Waals surface area contributed by atoms with E-state index in [1.165, 1.54) is 30.6 Å². The Morgan fingerprint density at radius 3 is 2.79 bits per heavy atom. The number of aromatic hydroxyl groups is 1. The number of hydrogen-bond donors (Lipinski definition) is 1. The summed E-state index contributed by atoms with van der Waals surface area (Å²) in [6.45, 7) is 0. The van der Waals surface area contributed by atoms with Gasteiger partial charge in [-0.1, -0.05) is 0 Å². The number of aromatic nitrogens is 1. The molecule has 0 aliphatic carbocycles. The molecule has 0 aliphatic heterocycles. The van der Waals surface area contributed by atoms with Gasteiger partial charge in [-0.05, 0) is 36.4 Å². The lowest BCUT2D eigenvalue weighted by molar-refractivity contribution is 0.373. The van der Waals surface area contributed by atoms with E-state index in [0.29, 0.717) is 5.75 Å². The number of ether oxygens (including phenoxy) is 1. The highest BCUT2D eigenvalue weighted by Crippen LogP contribution is 2.35. The molecule has 0 aliphatic rings. The molecule has 3 aromatic rings. The van der Waals surface area contributed by atoms with E-state index < -0.39 is 0 Å². The van der Waals surface area contributed by atoms with Crippen molar-refractivity contribution in [1.29, 1.82) is 0 Å². The zero-order chi connectivity index (χ0) is 13.4. The number of halogens is 1. The third-order valence-electron chi connectivity index (χ3n) is 2.78. The van der Waals surface area contributed by atoms with Crippen LogP contribution in [0.25, 0.3) is 20.8 Å². The van der Waals surface area contributed by atoms with E-state index in [2.05, 4.69) is 4.98 Å². The lowest BCUT2D eigenvalue weighted by Crippen LogP contribution is -1.84. The monoisotopic (exact) mass is 275 g/mol. The Bertz CT molecular complexity index is 754. The van der Waals surface area contributed by atoms with E-state index in [1.807, 2.05) is 6.07 Å². The van der Waals surface area contributed by atoms with Gasteiger partial charge in [-0.2, -0.15) is 0 Å². The van der Waals surface area contributed by atoms with Gasteiger partial charge in [-0.3, -0.25) is 0 Å². The molecule has 0 atom stereocenters. The summed E-state index contributed by atoms with van der Waals surface area (Å²) in [5.74, 6) is 0.196. The van der Waals surface area contributed by atoms with Crippen LogP contribution in [0.4, 0.5) is 4.39 Å². The second-order valence-electron chi connectivity index (χ2n) is 4.02. The molecule has 0 unspecified atom stereocenters. The van der Waals surface area contributed by atoms with Crippen molar-refractivity contribution < 1.29 is 14.2 Å². The van der Waals surface area contributed by atoms with Gasteiger partial charge in [0.2, 0.25) is 0 Å². The number of phenols is 1. The second kappa shape index (κ2) is 4.51. The van der Waals surface area contributed by atoms with E-state index in [0.717, 1.165) is 20.8 Å². The summed E-state index contributed by atoms with van der Waals surface area (Å²) in [5.41, 5.74) is 1.52. The fourth-order valence-corrected chi connectivity index (χ4v) is 2.83. The summed E-state index contributed by atoms with van der Waals surface area (Å²) in [4.78, 5) is 4.42. The van der Waals surface area contributed by atoms with Crippen LogP contribution in [0, 0.1) is 5.82 Å². The predicted octanol–water partition coefficient (Wildman–Crippen LogP) is 3.82. The first-order valence-corrected chi connectivity index (χ1v) is 6.42. The molecule has 0 saturated heterocycles. The number of fused-ring (bicyclic) bond motifs is 1. The minimum Gasteiger partial charge on any atom is -0.504 e. The van der Waals surface area contributed by atoms with Gasteiger partial charge in [0.05, 0.1) is 17.3 Å². The zero-order valence-corrected chi connectivity index (χ0v) is 10.9. The minimum absolute atomic E-state index is 0.0606. The smallest absolute Gasteiger partial charge is 0.160 e. The standard InChI is InChI=1S/C14H10FNO2S/c1-18-12-5-2-8(6-11(12)17)14-16-10-4-3-9(15)7-13(10)19-14/h2-7,17H,1H3. The average Bonchev–Trinajstić information content (AvgIpc) is 2.81. The van der Waals surface area contributed by atoms with Crippen molar-refractivity contribution in [3.8, 4) is 22.1 Å². The van der Waals surface area contributed by atoms with Gasteiger partial charge in [0.1, 0.15) is 10.8 Å². The fourth-order valence-electron chi connectivity index (χ4n) is 1.84. The van der Waals surface area contributed by atoms with E-state index >= 15 is 0 Å². The van der Waals surface area contributed by atoms with Crippen molar-refractivity contribution in [2.75, 3.05) is 7.11 Å². The van der Waals surface area contributed by atoms with E-state index in [1.54, 1.807) is 18.2 Å². The van der Waals surface area contributed by atoms with Gasteiger partial charge in [0, 0.05) is 5.56 Å². The Labute approximate surface area is 112 Å². The Kier molecular flexibility index (Phi) is 2.83. The molecule has 0 saturated carbocycles. The van der Waals surface area contributed by atoms with Gasteiger partial charge in [-0.15, -0.1) is 11.3 Å². The van der Waals surface area contributed by atoms with Crippen molar-refractivity contribution in [2.45, 2.75) is 0 Å². The lowest BCUT2D eigenvalue weighted by atomic mass is 10.2. The van der Waals surface area contributed by atoms with Crippen LogP contribution in [0.1, 0.15) is 0 Å². The molecule has 1 N–H and O–H groups in total. The number of methoxy groups -OCH3 is 1. The summed E-state index contributed by atoms with van der Waals surface area (Å²) in [5, 5.41) is 10.5. The molecule has 2 aromatic carbocycles. The molecule has 0 bridgehead atoms. The van der Waals surface area contributed by atoms with Gasteiger partial charge in [0.15, 0.2) is 11.5 Å². The normalized spacial score (nSPS) is 10.8. The number of hydrogen-bond acceptors (Lipinski definition) is 4. The lowest BCUT2D eigenvalue weighted by Gasteiger charge is -2.03. The average molecular weight is 275 g/mol. The van der Waals surface area contributed by atoms with Crippen LogP contribution >= 0.6 is 11.3 Å². The van der Waals surface area contributed by atoms with Crippen LogP contribution in [-0.4, -0.2) is 17.2 Å². The summed E-state index contributed by atoms with van der Waals surface area (Å²) in [7, 11) is 1.50. The largest absolute Gasteiger partial charge is 0.504 e. The molecule has 5 heteroatoms. The van der Waals surface area contributed by atoms with Crippen molar-refractivity contribution in [3.63, 3.8) is 0 Å². The molecule has 1 aromatic heterocycles. The van der Waals surface area contributed by atoms with Crippen molar-refractivity contribution in [1.82, 2.24) is 4.98 Å². The van der Waals surface area contributed by atoms with E-state index in [-0.39, 0.29) is 11.6 Å². The van der Waals surface area contributed by atoms with Crippen LogP contribution in [0.5, 0.6) is 11.5 Å². The third kappa shape index (κ3) is 2.13. The van der Waals surface area contributed by atoms with E-state index in [4.69, 9.17) is 4.74 Å². The molecular formula is C14H10FNO2S. The Morgan fingerprint density at radius 2 is 2.05 bits per heavy atom. The number of nitrogens with zero attached hydrogens (tertiary/aromatic N) is 1. The molecule has 19 heavy (non-hydrogen) atoms. The van der Waals surface area contributed by atoms with Crippen LogP contribution in [0.15, 0.2) is 36.4 Å². The SMILES string of the molecule is COc1ccc(-c2nc3ccc(F)cc3s2)cc1O. The quantitative estimate of drug-likeness (QED) is 0.773. The molecule has 96 valence electrons. The minimum atomic E-state index is -0.278. The molecule has 0 fully saturated rings. The summed E-state index contributed by atoms with van der Waals surface area (Å²) >= 11 is 1.38. The summed E-state index contributed by atoms with van der Waals surface area (Å²) in [6.07, 6.45) is 0. The van der Waals surface area contributed by atoms with Crippen molar-refractivity contribution in [3.05, 3.63) is 42.2 Å². The number of rotatable bonds is 2. The van der Waals surface area contributed by atoms with Crippen molar-refractivity contribution >= 4 is 21.6 Å². The van der Waals surface area contributed by atoms with Crippen LogP contribution in [0.3, 0.4) is 0 Å². The molecular weight excluding hydrogens is 265 g/mol. The Hall–Kier alpha value is -2.14. The van der Waals surface area contributed by atoms with Crippen LogP contribution in [0.2, 0.25) is 0 Å². The molecule has 0 amide bonds. The van der Waals surface area contributed by atoms with Gasteiger partial charge < -0.3 is 9.84 Å². The first-order chi connectivity index (χ1) is 9.17. The van der Waals surface area contributed by atoms with Crippen molar-refractivity contribution in [2.24, 2.45) is 0 Å². The molecule has 0 radical (unpaired) electrons. The Morgan fingerprint density at radius 1 is 1.21 bits per heavy atom. The van der Waals surface area contributed by atoms with Crippen LogP contribution < -0.4 is 4.74 Å². The highest BCUT2D eigenvalue weighted by Gasteiger charge is 2.09. The zero-order valence-electron chi connectivity index (χ0n) is 10.1. The maximum atomic E-state index is 13.1. The number of phenolic OH excluding ortho intramolecular Hbond substituents is 1. The third-order valence-corrected chi connectivity index (χ3v) is 3.84. The second-order valence-corrected chi connectivity index (χ2v) is 5.05. The molecule has 0 spiro atoms. The highest BCUT2D eigenvalue weighted by molar-refractivity contribution is 7.21. The topological polar surface area (TPSA) is 42.4 Å². The highest BCUT2D eigenvalue weighted by atomic mass is 32.1.